The number of halogens is 1. The zero-order valence-electron chi connectivity index (χ0n) is 11.8. The van der Waals surface area contributed by atoms with Crippen molar-refractivity contribution < 1.29 is 0 Å². The molecule has 0 aliphatic carbocycles. The summed E-state index contributed by atoms with van der Waals surface area (Å²) in [4.78, 5) is 8.44. The van der Waals surface area contributed by atoms with Gasteiger partial charge in [0.1, 0.15) is 0 Å². The molecule has 0 saturated carbocycles. The smallest absolute Gasteiger partial charge is 0.0640 e. The van der Waals surface area contributed by atoms with Crippen LogP contribution in [-0.2, 0) is 0 Å². The maximum absolute atomic E-state index is 6.33. The molecular formula is C17H16ClN3. The molecule has 0 spiro atoms. The highest BCUT2D eigenvalue weighted by Gasteiger charge is 2.18. The van der Waals surface area contributed by atoms with E-state index in [0.717, 1.165) is 23.1 Å². The summed E-state index contributed by atoms with van der Waals surface area (Å²) in [5.41, 5.74) is 2.15. The van der Waals surface area contributed by atoms with Gasteiger partial charge in [-0.25, -0.2) is 0 Å². The van der Waals surface area contributed by atoms with Crippen LogP contribution < -0.4 is 5.32 Å². The third-order valence-corrected chi connectivity index (χ3v) is 3.85. The minimum absolute atomic E-state index is 0.00380. The Balaban J connectivity index is 2.19. The molecule has 1 N–H and O–H groups in total. The summed E-state index contributed by atoms with van der Waals surface area (Å²) in [6.07, 6.45) is 7.24. The van der Waals surface area contributed by atoms with Crippen LogP contribution in [0.2, 0.25) is 5.02 Å². The number of pyridine rings is 2. The number of nitrogens with zero attached hydrogens (tertiary/aromatic N) is 2. The lowest BCUT2D eigenvalue weighted by molar-refractivity contribution is 0.632. The molecule has 0 radical (unpaired) electrons. The van der Waals surface area contributed by atoms with E-state index in [1.54, 1.807) is 12.4 Å². The van der Waals surface area contributed by atoms with Crippen LogP contribution in [-0.4, -0.2) is 16.5 Å². The highest BCUT2D eigenvalue weighted by molar-refractivity contribution is 6.31. The van der Waals surface area contributed by atoms with E-state index in [9.17, 15) is 0 Å². The van der Waals surface area contributed by atoms with Crippen LogP contribution >= 0.6 is 11.6 Å². The van der Waals surface area contributed by atoms with Crippen LogP contribution in [0, 0.1) is 0 Å². The van der Waals surface area contributed by atoms with Crippen molar-refractivity contribution in [2.45, 2.75) is 13.0 Å². The number of rotatable bonds is 4. The minimum atomic E-state index is 0.00380. The molecule has 3 aromatic rings. The number of aromatic nitrogens is 2. The molecule has 106 valence electrons. The van der Waals surface area contributed by atoms with Crippen LogP contribution in [0.3, 0.4) is 0 Å². The molecule has 0 saturated heterocycles. The molecule has 0 bridgehead atoms. The van der Waals surface area contributed by atoms with E-state index in [1.165, 1.54) is 5.39 Å². The van der Waals surface area contributed by atoms with Crippen molar-refractivity contribution in [3.8, 4) is 0 Å². The fourth-order valence-electron chi connectivity index (χ4n) is 2.58. The fraction of sp³-hybridized carbons (Fsp3) is 0.176. The lowest BCUT2D eigenvalue weighted by Gasteiger charge is -2.21. The molecule has 0 aliphatic heterocycles. The van der Waals surface area contributed by atoms with E-state index >= 15 is 0 Å². The molecule has 1 unspecified atom stereocenters. The van der Waals surface area contributed by atoms with Gasteiger partial charge in [0, 0.05) is 30.2 Å². The van der Waals surface area contributed by atoms with E-state index in [4.69, 9.17) is 11.6 Å². The Kier molecular flexibility index (Phi) is 4.13. The Morgan fingerprint density at radius 2 is 1.90 bits per heavy atom. The lowest BCUT2D eigenvalue weighted by Crippen LogP contribution is -2.22. The first kappa shape index (κ1) is 14.0. The lowest BCUT2D eigenvalue weighted by atomic mass is 9.96. The Morgan fingerprint density at radius 3 is 2.71 bits per heavy atom. The summed E-state index contributed by atoms with van der Waals surface area (Å²) in [5.74, 6) is 0. The molecule has 3 rings (SSSR count). The second-order valence-electron chi connectivity index (χ2n) is 4.84. The summed E-state index contributed by atoms with van der Waals surface area (Å²) in [6.45, 7) is 2.92. The van der Waals surface area contributed by atoms with Crippen LogP contribution in [0.25, 0.3) is 10.8 Å². The van der Waals surface area contributed by atoms with E-state index in [-0.39, 0.29) is 6.04 Å². The Hall–Kier alpha value is -1.97. The average molecular weight is 298 g/mol. The standard InChI is InChI=1S/C17H16ClN3/c1-2-21-17(14-7-8-19-11-16(14)18)15-10-20-9-12-5-3-4-6-13(12)15/h3-11,17,21H,2H2,1H3. The van der Waals surface area contributed by atoms with E-state index in [2.05, 4.69) is 34.3 Å². The van der Waals surface area contributed by atoms with Gasteiger partial charge in [0.05, 0.1) is 11.1 Å². The van der Waals surface area contributed by atoms with Crippen molar-refractivity contribution in [3.05, 3.63) is 71.3 Å². The zero-order chi connectivity index (χ0) is 14.7. The number of hydrogen-bond donors (Lipinski definition) is 1. The topological polar surface area (TPSA) is 37.8 Å². The van der Waals surface area contributed by atoms with Crippen LogP contribution in [0.4, 0.5) is 0 Å². The first-order valence-corrected chi connectivity index (χ1v) is 7.34. The van der Waals surface area contributed by atoms with E-state index in [1.807, 2.05) is 30.6 Å². The molecule has 21 heavy (non-hydrogen) atoms. The van der Waals surface area contributed by atoms with Crippen molar-refractivity contribution in [1.82, 2.24) is 15.3 Å². The van der Waals surface area contributed by atoms with Gasteiger partial charge in [-0.05, 0) is 29.1 Å². The van der Waals surface area contributed by atoms with E-state index < -0.39 is 0 Å². The van der Waals surface area contributed by atoms with Crippen molar-refractivity contribution in [2.75, 3.05) is 6.54 Å². The van der Waals surface area contributed by atoms with Crippen molar-refractivity contribution >= 4 is 22.4 Å². The van der Waals surface area contributed by atoms with Gasteiger partial charge in [-0.1, -0.05) is 42.8 Å². The largest absolute Gasteiger partial charge is 0.306 e. The maximum Gasteiger partial charge on any atom is 0.0640 e. The van der Waals surface area contributed by atoms with Crippen molar-refractivity contribution in [2.24, 2.45) is 0 Å². The number of fused-ring (bicyclic) bond motifs is 1. The summed E-state index contributed by atoms with van der Waals surface area (Å²) >= 11 is 6.33. The van der Waals surface area contributed by atoms with Crippen LogP contribution in [0.15, 0.2) is 55.1 Å². The van der Waals surface area contributed by atoms with Crippen molar-refractivity contribution in [1.29, 1.82) is 0 Å². The molecule has 2 aromatic heterocycles. The van der Waals surface area contributed by atoms with Gasteiger partial charge < -0.3 is 5.32 Å². The zero-order valence-corrected chi connectivity index (χ0v) is 12.5. The average Bonchev–Trinajstić information content (AvgIpc) is 2.53. The van der Waals surface area contributed by atoms with Gasteiger partial charge in [0.15, 0.2) is 0 Å². The first-order valence-electron chi connectivity index (χ1n) is 6.96. The number of benzene rings is 1. The van der Waals surface area contributed by atoms with Gasteiger partial charge in [0.25, 0.3) is 0 Å². The van der Waals surface area contributed by atoms with E-state index in [0.29, 0.717) is 5.02 Å². The predicted octanol–water partition coefficient (Wildman–Crippen LogP) is 3.98. The molecule has 3 nitrogen and oxygen atoms in total. The molecule has 1 aromatic carbocycles. The maximum atomic E-state index is 6.33. The van der Waals surface area contributed by atoms with Gasteiger partial charge >= 0.3 is 0 Å². The summed E-state index contributed by atoms with van der Waals surface area (Å²) in [7, 11) is 0. The normalized spacial score (nSPS) is 12.5. The third-order valence-electron chi connectivity index (χ3n) is 3.53. The quantitative estimate of drug-likeness (QED) is 0.791. The Morgan fingerprint density at radius 1 is 1.05 bits per heavy atom. The summed E-state index contributed by atoms with van der Waals surface area (Å²) in [6, 6.07) is 10.2. The van der Waals surface area contributed by atoms with Gasteiger partial charge in [-0.3, -0.25) is 9.97 Å². The van der Waals surface area contributed by atoms with Gasteiger partial charge in [0.2, 0.25) is 0 Å². The fourth-order valence-corrected chi connectivity index (χ4v) is 2.81. The first-order chi connectivity index (χ1) is 10.3. The Labute approximate surface area is 129 Å². The van der Waals surface area contributed by atoms with Crippen molar-refractivity contribution in [3.63, 3.8) is 0 Å². The molecule has 1 atom stereocenters. The minimum Gasteiger partial charge on any atom is -0.306 e. The van der Waals surface area contributed by atoms with Crippen LogP contribution in [0.1, 0.15) is 24.1 Å². The number of hydrogen-bond acceptors (Lipinski definition) is 3. The SMILES string of the molecule is CCNC(c1ccncc1Cl)c1cncc2ccccc12. The van der Waals surface area contributed by atoms with Crippen LogP contribution in [0.5, 0.6) is 0 Å². The molecule has 2 heterocycles. The third kappa shape index (κ3) is 2.75. The van der Waals surface area contributed by atoms with Gasteiger partial charge in [-0.2, -0.15) is 0 Å². The predicted molar refractivity (Wildman–Crippen MR) is 86.5 cm³/mol. The monoisotopic (exact) mass is 297 g/mol. The summed E-state index contributed by atoms with van der Waals surface area (Å²) < 4.78 is 0. The van der Waals surface area contributed by atoms with Gasteiger partial charge in [-0.15, -0.1) is 0 Å². The molecule has 0 fully saturated rings. The number of nitrogens with one attached hydrogen (secondary N) is 1. The second-order valence-corrected chi connectivity index (χ2v) is 5.24. The highest BCUT2D eigenvalue weighted by Crippen LogP contribution is 2.31. The highest BCUT2D eigenvalue weighted by atomic mass is 35.5. The Bertz CT molecular complexity index is 752. The summed E-state index contributed by atoms with van der Waals surface area (Å²) in [5, 5.41) is 6.47. The second kappa shape index (κ2) is 6.20. The molecule has 0 amide bonds. The molecule has 4 heteroatoms. The molecule has 0 aliphatic rings. The molecular weight excluding hydrogens is 282 g/mol.